The lowest BCUT2D eigenvalue weighted by Gasteiger charge is -2.17. The summed E-state index contributed by atoms with van der Waals surface area (Å²) in [6, 6.07) is 14.4. The van der Waals surface area contributed by atoms with E-state index in [1.807, 2.05) is 0 Å². The Hall–Kier alpha value is -4.11. The largest absolute Gasteiger partial charge is 0.454 e. The number of anilines is 1. The molecule has 6 nitrogen and oxygen atoms in total. The maximum atomic E-state index is 14.4. The van der Waals surface area contributed by atoms with E-state index in [4.69, 9.17) is 4.74 Å². The molecule has 1 unspecified atom stereocenters. The second-order valence-corrected chi connectivity index (χ2v) is 8.90. The van der Waals surface area contributed by atoms with E-state index in [0.717, 1.165) is 22.8 Å². The van der Waals surface area contributed by atoms with Gasteiger partial charge >= 0.3 is 0 Å². The molecule has 4 rings (SSSR count). The summed E-state index contributed by atoms with van der Waals surface area (Å²) in [4.78, 5) is 25.4. The zero-order valence-electron chi connectivity index (χ0n) is 18.6. The van der Waals surface area contributed by atoms with Crippen molar-refractivity contribution in [2.24, 2.45) is 0 Å². The number of aromatic nitrogens is 1. The molecule has 1 atom stereocenters. The van der Waals surface area contributed by atoms with Crippen LogP contribution < -0.4 is 15.0 Å². The van der Waals surface area contributed by atoms with Crippen molar-refractivity contribution in [3.05, 3.63) is 102 Å². The van der Waals surface area contributed by atoms with Crippen molar-refractivity contribution in [3.63, 3.8) is 0 Å². The number of benzene rings is 3. The van der Waals surface area contributed by atoms with Gasteiger partial charge in [-0.1, -0.05) is 31.7 Å². The van der Waals surface area contributed by atoms with E-state index in [1.54, 1.807) is 43.3 Å². The van der Waals surface area contributed by atoms with E-state index >= 15 is 0 Å². The predicted octanol–water partition coefficient (Wildman–Crippen LogP) is 5.66. The zero-order chi connectivity index (χ0) is 25.1. The first kappa shape index (κ1) is 24.0. The van der Waals surface area contributed by atoms with Crippen LogP contribution in [0.5, 0.6) is 11.5 Å². The molecule has 3 aromatic carbocycles. The van der Waals surface area contributed by atoms with Crippen LogP contribution in [0, 0.1) is 11.6 Å². The van der Waals surface area contributed by atoms with Gasteiger partial charge in [-0.3, -0.25) is 9.59 Å². The maximum absolute atomic E-state index is 14.4. The van der Waals surface area contributed by atoms with E-state index in [2.05, 4.69) is 11.3 Å². The molecule has 0 saturated heterocycles. The lowest BCUT2D eigenvalue weighted by molar-refractivity contribution is 0.0966. The highest BCUT2D eigenvalue weighted by molar-refractivity contribution is 7.86. The van der Waals surface area contributed by atoms with Gasteiger partial charge in [-0.25, -0.2) is 17.6 Å². The summed E-state index contributed by atoms with van der Waals surface area (Å²) < 4.78 is 49.5. The maximum Gasteiger partial charge on any atom is 0.265 e. The Bertz CT molecular complexity index is 1550. The Morgan fingerprint density at radius 1 is 1.06 bits per heavy atom. The average molecular weight is 495 g/mol. The van der Waals surface area contributed by atoms with Crippen molar-refractivity contribution in [1.82, 2.24) is 4.57 Å². The van der Waals surface area contributed by atoms with Crippen molar-refractivity contribution in [2.75, 3.05) is 10.5 Å². The number of pyridine rings is 1. The Balaban J connectivity index is 1.99. The standard InChI is InChI=1S/C26H20F2N2O4S/c1-3-25(31)30-15-21(18-7-5-6-8-19(18)26(30)32)20-14-17(29-35(33)4-2)10-12-23(20)34-24-11-9-16(27)13-22(24)28/h3,5-15,29H,1,4H2,2H3. The number of hydrogen-bond acceptors (Lipinski definition) is 4. The Labute approximate surface area is 202 Å². The van der Waals surface area contributed by atoms with Crippen LogP contribution in [0.3, 0.4) is 0 Å². The fraction of sp³-hybridized carbons (Fsp3) is 0.0769. The minimum atomic E-state index is -1.35. The van der Waals surface area contributed by atoms with Gasteiger partial charge in [0.2, 0.25) is 0 Å². The van der Waals surface area contributed by atoms with Gasteiger partial charge in [-0.05, 0) is 47.9 Å². The number of halogens is 2. The molecule has 35 heavy (non-hydrogen) atoms. The predicted molar refractivity (Wildman–Crippen MR) is 133 cm³/mol. The Morgan fingerprint density at radius 3 is 2.46 bits per heavy atom. The number of allylic oxidation sites excluding steroid dienone is 1. The minimum absolute atomic E-state index is 0.171. The van der Waals surface area contributed by atoms with E-state index in [9.17, 15) is 22.6 Å². The summed E-state index contributed by atoms with van der Waals surface area (Å²) in [7, 11) is -1.35. The van der Waals surface area contributed by atoms with Crippen LogP contribution >= 0.6 is 0 Å². The van der Waals surface area contributed by atoms with Gasteiger partial charge in [0.15, 0.2) is 11.6 Å². The third kappa shape index (κ3) is 4.90. The first-order valence-electron chi connectivity index (χ1n) is 10.6. The van der Waals surface area contributed by atoms with Crippen molar-refractivity contribution in [3.8, 4) is 22.6 Å². The smallest absolute Gasteiger partial charge is 0.265 e. The molecule has 1 aromatic heterocycles. The molecule has 0 spiro atoms. The van der Waals surface area contributed by atoms with Gasteiger partial charge in [0, 0.05) is 40.2 Å². The molecule has 0 fully saturated rings. The fourth-order valence-corrected chi connectivity index (χ4v) is 4.08. The summed E-state index contributed by atoms with van der Waals surface area (Å²) in [5.41, 5.74) is 0.763. The van der Waals surface area contributed by atoms with Gasteiger partial charge in [-0.15, -0.1) is 0 Å². The second-order valence-electron chi connectivity index (χ2n) is 7.43. The fourth-order valence-electron chi connectivity index (χ4n) is 3.54. The lowest BCUT2D eigenvalue weighted by atomic mass is 9.99. The SMILES string of the molecule is C=CC(=O)n1cc(-c2cc(NS(=O)CC)ccc2Oc2ccc(F)cc2F)c2ccccc2c1=O. The number of hydrogen-bond donors (Lipinski definition) is 1. The highest BCUT2D eigenvalue weighted by Gasteiger charge is 2.18. The average Bonchev–Trinajstić information content (AvgIpc) is 2.86. The molecule has 0 aliphatic carbocycles. The van der Waals surface area contributed by atoms with Crippen molar-refractivity contribution in [2.45, 2.75) is 6.92 Å². The number of fused-ring (bicyclic) bond motifs is 1. The van der Waals surface area contributed by atoms with E-state index in [-0.39, 0.29) is 16.9 Å². The monoisotopic (exact) mass is 494 g/mol. The van der Waals surface area contributed by atoms with Crippen LogP contribution in [0.15, 0.2) is 84.3 Å². The summed E-state index contributed by atoms with van der Waals surface area (Å²) >= 11 is 0. The normalized spacial score (nSPS) is 11.7. The molecule has 0 aliphatic heterocycles. The molecular formula is C26H20F2N2O4S. The molecule has 0 aliphatic rings. The quantitative estimate of drug-likeness (QED) is 0.336. The Morgan fingerprint density at radius 2 is 1.77 bits per heavy atom. The third-order valence-electron chi connectivity index (χ3n) is 5.21. The summed E-state index contributed by atoms with van der Waals surface area (Å²) in [5.74, 6) is -1.97. The Kier molecular flexibility index (Phi) is 6.88. The van der Waals surface area contributed by atoms with Crippen LogP contribution in [0.1, 0.15) is 11.7 Å². The number of rotatable bonds is 7. The van der Waals surface area contributed by atoms with Crippen molar-refractivity contribution < 1.29 is 22.5 Å². The number of nitrogens with zero attached hydrogens (tertiary/aromatic N) is 1. The molecule has 0 radical (unpaired) electrons. The van der Waals surface area contributed by atoms with Gasteiger partial charge < -0.3 is 9.46 Å². The highest BCUT2D eigenvalue weighted by Crippen LogP contribution is 2.39. The third-order valence-corrected chi connectivity index (χ3v) is 6.20. The van der Waals surface area contributed by atoms with E-state index in [0.29, 0.717) is 34.0 Å². The van der Waals surface area contributed by atoms with Crippen LogP contribution in [-0.4, -0.2) is 20.4 Å². The van der Waals surface area contributed by atoms with Crippen LogP contribution in [-0.2, 0) is 11.0 Å². The van der Waals surface area contributed by atoms with Gasteiger partial charge in [-0.2, -0.15) is 0 Å². The molecular weight excluding hydrogens is 474 g/mol. The first-order chi connectivity index (χ1) is 16.8. The number of ether oxygens (including phenoxy) is 1. The second kappa shape index (κ2) is 10.0. The molecule has 178 valence electrons. The number of carbonyl (C=O) groups is 1. The topological polar surface area (TPSA) is 77.4 Å². The summed E-state index contributed by atoms with van der Waals surface area (Å²) in [6.45, 7) is 5.21. The summed E-state index contributed by atoms with van der Waals surface area (Å²) in [5, 5.41) is 0.790. The molecule has 9 heteroatoms. The van der Waals surface area contributed by atoms with Crippen LogP contribution in [0.25, 0.3) is 21.9 Å². The molecule has 4 aromatic rings. The summed E-state index contributed by atoms with van der Waals surface area (Å²) in [6.07, 6.45) is 2.38. The highest BCUT2D eigenvalue weighted by atomic mass is 32.2. The molecule has 1 N–H and O–H groups in total. The number of carbonyl (C=O) groups excluding carboxylic acids is 1. The van der Waals surface area contributed by atoms with Crippen LogP contribution in [0.4, 0.5) is 14.5 Å². The van der Waals surface area contributed by atoms with E-state index in [1.165, 1.54) is 12.3 Å². The molecule has 1 heterocycles. The van der Waals surface area contributed by atoms with Crippen molar-refractivity contribution in [1.29, 1.82) is 0 Å². The number of nitrogens with one attached hydrogen (secondary N) is 1. The van der Waals surface area contributed by atoms with Gasteiger partial charge in [0.05, 0.1) is 0 Å². The molecule has 0 amide bonds. The zero-order valence-corrected chi connectivity index (χ0v) is 19.4. The minimum Gasteiger partial charge on any atom is -0.454 e. The van der Waals surface area contributed by atoms with Crippen LogP contribution in [0.2, 0.25) is 0 Å². The van der Waals surface area contributed by atoms with Gasteiger partial charge in [0.25, 0.3) is 11.5 Å². The lowest BCUT2D eigenvalue weighted by Crippen LogP contribution is -2.25. The van der Waals surface area contributed by atoms with Gasteiger partial charge in [0.1, 0.15) is 22.6 Å². The van der Waals surface area contributed by atoms with Crippen molar-refractivity contribution >= 4 is 33.4 Å². The van der Waals surface area contributed by atoms with E-state index < -0.39 is 34.1 Å². The molecule has 0 bridgehead atoms. The molecule has 0 saturated carbocycles. The first-order valence-corrected chi connectivity index (χ1v) is 11.9.